The predicted molar refractivity (Wildman–Crippen MR) is 116 cm³/mol. The summed E-state index contributed by atoms with van der Waals surface area (Å²) in [6.07, 6.45) is 1.64. The van der Waals surface area contributed by atoms with Crippen LogP contribution in [0.4, 0.5) is 5.69 Å². The zero-order valence-electron chi connectivity index (χ0n) is 15.4. The van der Waals surface area contributed by atoms with Gasteiger partial charge in [-0.3, -0.25) is 4.72 Å². The second kappa shape index (κ2) is 8.61. The van der Waals surface area contributed by atoms with Crippen LogP contribution in [0.2, 0.25) is 15.1 Å². The summed E-state index contributed by atoms with van der Waals surface area (Å²) in [4.78, 5) is -0.115. The molecule has 0 aliphatic carbocycles. The van der Waals surface area contributed by atoms with E-state index < -0.39 is 20.0 Å². The Morgan fingerprint density at radius 3 is 2.03 bits per heavy atom. The largest absolute Gasteiger partial charge is 0.280 e. The summed E-state index contributed by atoms with van der Waals surface area (Å²) >= 11 is 17.7. The molecule has 11 heteroatoms. The van der Waals surface area contributed by atoms with Crippen LogP contribution >= 0.6 is 34.8 Å². The molecule has 158 valence electrons. The van der Waals surface area contributed by atoms with E-state index in [4.69, 9.17) is 34.8 Å². The lowest BCUT2D eigenvalue weighted by molar-refractivity contribution is 0.288. The molecule has 1 fully saturated rings. The second-order valence-electron chi connectivity index (χ2n) is 6.91. The highest BCUT2D eigenvalue weighted by atomic mass is 35.5. The molecule has 6 nitrogen and oxygen atoms in total. The van der Waals surface area contributed by atoms with Crippen molar-refractivity contribution < 1.29 is 16.8 Å². The maximum Gasteiger partial charge on any atom is 0.263 e. The Hall–Kier alpha value is -1.03. The first-order chi connectivity index (χ1) is 13.5. The molecule has 0 saturated carbocycles. The number of rotatable bonds is 5. The van der Waals surface area contributed by atoms with Crippen molar-refractivity contribution in [3.05, 3.63) is 51.5 Å². The van der Waals surface area contributed by atoms with E-state index in [9.17, 15) is 16.8 Å². The average molecular weight is 498 g/mol. The highest BCUT2D eigenvalue weighted by molar-refractivity contribution is 7.92. The van der Waals surface area contributed by atoms with Gasteiger partial charge in [-0.1, -0.05) is 41.7 Å². The summed E-state index contributed by atoms with van der Waals surface area (Å²) < 4.78 is 54.6. The summed E-state index contributed by atoms with van der Waals surface area (Å²) in [7, 11) is -7.66. The Kier molecular flexibility index (Phi) is 6.72. The van der Waals surface area contributed by atoms with Gasteiger partial charge in [0.1, 0.15) is 4.90 Å². The van der Waals surface area contributed by atoms with Gasteiger partial charge in [-0.15, -0.1) is 0 Å². The average Bonchev–Trinajstić information content (AvgIpc) is 2.65. The summed E-state index contributed by atoms with van der Waals surface area (Å²) in [6.45, 7) is 3.06. The molecule has 1 aliphatic heterocycles. The topological polar surface area (TPSA) is 83.6 Å². The highest BCUT2D eigenvalue weighted by Crippen LogP contribution is 2.33. The SMILES string of the molecule is CC1CCN(S(=O)(=O)c2ccc(NS(=O)(=O)c3cc(Cl)c(Cl)cc3Cl)cc2)CC1. The summed E-state index contributed by atoms with van der Waals surface area (Å²) in [6, 6.07) is 7.94. The quantitative estimate of drug-likeness (QED) is 0.597. The molecule has 1 saturated heterocycles. The molecule has 0 radical (unpaired) electrons. The molecule has 0 atom stereocenters. The van der Waals surface area contributed by atoms with Crippen molar-refractivity contribution >= 4 is 60.5 Å². The van der Waals surface area contributed by atoms with Crippen molar-refractivity contribution in [3.8, 4) is 0 Å². The van der Waals surface area contributed by atoms with Gasteiger partial charge < -0.3 is 0 Å². The lowest BCUT2D eigenvalue weighted by atomic mass is 10.0. The Bertz CT molecular complexity index is 1110. The van der Waals surface area contributed by atoms with Crippen LogP contribution in [-0.4, -0.2) is 34.2 Å². The Morgan fingerprint density at radius 1 is 0.897 bits per heavy atom. The van der Waals surface area contributed by atoms with Crippen molar-refractivity contribution in [2.75, 3.05) is 17.8 Å². The van der Waals surface area contributed by atoms with Gasteiger partial charge in [0.05, 0.1) is 20.0 Å². The maximum absolute atomic E-state index is 12.8. The van der Waals surface area contributed by atoms with Crippen molar-refractivity contribution in [2.45, 2.75) is 29.6 Å². The van der Waals surface area contributed by atoms with E-state index in [1.807, 2.05) is 0 Å². The van der Waals surface area contributed by atoms with Gasteiger partial charge in [-0.2, -0.15) is 4.31 Å². The fourth-order valence-electron chi connectivity index (χ4n) is 2.99. The van der Waals surface area contributed by atoms with Gasteiger partial charge in [0.15, 0.2) is 0 Å². The van der Waals surface area contributed by atoms with Crippen molar-refractivity contribution in [3.63, 3.8) is 0 Å². The molecule has 2 aromatic carbocycles. The molecule has 2 aromatic rings. The fourth-order valence-corrected chi connectivity index (χ4v) is 6.52. The van der Waals surface area contributed by atoms with Gasteiger partial charge in [-0.05, 0) is 55.2 Å². The van der Waals surface area contributed by atoms with E-state index in [1.165, 1.54) is 34.6 Å². The zero-order chi connectivity index (χ0) is 21.4. The molecule has 1 heterocycles. The maximum atomic E-state index is 12.8. The van der Waals surface area contributed by atoms with Crippen LogP contribution in [0, 0.1) is 5.92 Å². The Balaban J connectivity index is 1.81. The highest BCUT2D eigenvalue weighted by Gasteiger charge is 2.28. The molecular weight excluding hydrogens is 479 g/mol. The van der Waals surface area contributed by atoms with Gasteiger partial charge in [-0.25, -0.2) is 16.8 Å². The van der Waals surface area contributed by atoms with Crippen molar-refractivity contribution in [2.24, 2.45) is 5.92 Å². The molecule has 1 N–H and O–H groups in total. The molecule has 29 heavy (non-hydrogen) atoms. The molecule has 0 spiro atoms. The van der Waals surface area contributed by atoms with E-state index in [1.54, 1.807) is 0 Å². The molecule has 0 aromatic heterocycles. The van der Waals surface area contributed by atoms with Gasteiger partial charge in [0, 0.05) is 18.8 Å². The third kappa shape index (κ3) is 5.00. The van der Waals surface area contributed by atoms with E-state index in [0.29, 0.717) is 19.0 Å². The lowest BCUT2D eigenvalue weighted by Crippen LogP contribution is -2.37. The Morgan fingerprint density at radius 2 is 1.45 bits per heavy atom. The first kappa shape index (κ1) is 22.7. The predicted octanol–water partition coefficient (Wildman–Crippen LogP) is 4.87. The summed E-state index contributed by atoms with van der Waals surface area (Å²) in [5.41, 5.74) is 0.193. The van der Waals surface area contributed by atoms with Crippen LogP contribution in [0.5, 0.6) is 0 Å². The number of piperidine rings is 1. The first-order valence-corrected chi connectivity index (χ1v) is 12.8. The van der Waals surface area contributed by atoms with Gasteiger partial charge in [0.2, 0.25) is 10.0 Å². The number of nitrogens with one attached hydrogen (secondary N) is 1. The number of hydrogen-bond acceptors (Lipinski definition) is 4. The number of sulfonamides is 2. The minimum absolute atomic E-state index is 0.0498. The third-order valence-corrected chi connectivity index (χ3v) is 9.23. The number of nitrogens with zero attached hydrogens (tertiary/aromatic N) is 1. The van der Waals surface area contributed by atoms with Crippen LogP contribution in [0.1, 0.15) is 19.8 Å². The first-order valence-electron chi connectivity index (χ1n) is 8.78. The summed E-state index contributed by atoms with van der Waals surface area (Å²) in [5, 5.41) is 0.108. The number of anilines is 1. The van der Waals surface area contributed by atoms with E-state index in [0.717, 1.165) is 18.9 Å². The van der Waals surface area contributed by atoms with E-state index >= 15 is 0 Å². The minimum atomic E-state index is -4.04. The standard InChI is InChI=1S/C18H19Cl3N2O4S2/c1-12-6-8-23(9-7-12)29(26,27)14-4-2-13(3-5-14)22-28(24,25)18-11-16(20)15(19)10-17(18)21/h2-5,10-12,22H,6-9H2,1H3. The van der Waals surface area contributed by atoms with Crippen LogP contribution in [0.15, 0.2) is 46.2 Å². The van der Waals surface area contributed by atoms with Gasteiger partial charge in [0.25, 0.3) is 10.0 Å². The van der Waals surface area contributed by atoms with Crippen LogP contribution in [-0.2, 0) is 20.0 Å². The van der Waals surface area contributed by atoms with Crippen molar-refractivity contribution in [1.29, 1.82) is 0 Å². The normalized spacial score (nSPS) is 16.7. The van der Waals surface area contributed by atoms with Gasteiger partial charge >= 0.3 is 0 Å². The van der Waals surface area contributed by atoms with Crippen LogP contribution in [0.25, 0.3) is 0 Å². The summed E-state index contributed by atoms with van der Waals surface area (Å²) in [5.74, 6) is 0.506. The molecule has 0 amide bonds. The van der Waals surface area contributed by atoms with Crippen molar-refractivity contribution in [1.82, 2.24) is 4.31 Å². The lowest BCUT2D eigenvalue weighted by Gasteiger charge is -2.29. The fraction of sp³-hybridized carbons (Fsp3) is 0.333. The van der Waals surface area contributed by atoms with Crippen LogP contribution < -0.4 is 4.72 Å². The molecule has 0 bridgehead atoms. The second-order valence-corrected chi connectivity index (χ2v) is 11.7. The number of benzene rings is 2. The molecule has 0 unspecified atom stereocenters. The minimum Gasteiger partial charge on any atom is -0.280 e. The third-order valence-electron chi connectivity index (χ3n) is 4.75. The monoisotopic (exact) mass is 496 g/mol. The van der Waals surface area contributed by atoms with E-state index in [2.05, 4.69) is 11.6 Å². The zero-order valence-corrected chi connectivity index (χ0v) is 19.3. The Labute approximate surface area is 185 Å². The molecular formula is C18H19Cl3N2O4S2. The van der Waals surface area contributed by atoms with E-state index in [-0.39, 0.29) is 30.5 Å². The number of hydrogen-bond donors (Lipinski definition) is 1. The molecule has 1 aliphatic rings. The number of halogens is 3. The molecule has 3 rings (SSSR count). The van der Waals surface area contributed by atoms with Crippen LogP contribution in [0.3, 0.4) is 0 Å². The smallest absolute Gasteiger partial charge is 0.263 e.